The van der Waals surface area contributed by atoms with Crippen molar-refractivity contribution in [2.45, 2.75) is 6.73 Å². The summed E-state index contributed by atoms with van der Waals surface area (Å²) < 4.78 is 1.39. The number of aromatic amines is 1. The van der Waals surface area contributed by atoms with Crippen LogP contribution in [0.4, 0.5) is 5.82 Å². The van der Waals surface area contributed by atoms with Crippen LogP contribution in [-0.4, -0.2) is 16.1 Å². The number of nitrogens with zero attached hydrogens (tertiary/aromatic N) is 1. The van der Waals surface area contributed by atoms with Crippen LogP contribution in [-0.2, 0) is 11.6 Å². The van der Waals surface area contributed by atoms with E-state index in [1.54, 1.807) is 0 Å². The second-order valence-electron chi connectivity index (χ2n) is 1.75. The van der Waals surface area contributed by atoms with Gasteiger partial charge in [0, 0.05) is 0 Å². The maximum Gasteiger partial charge on any atom is 0.171 e. The highest BCUT2D eigenvalue weighted by atomic mass is 16.6. The van der Waals surface area contributed by atoms with Gasteiger partial charge in [0.15, 0.2) is 13.0 Å². The van der Waals surface area contributed by atoms with Gasteiger partial charge in [-0.2, -0.15) is 0 Å². The molecule has 0 bridgehead atoms. The average molecular weight is 144 g/mol. The molecule has 6 heteroatoms. The third kappa shape index (κ3) is 0.893. The SMILES string of the molecule is NOCn1[nH]c(N)c1C=O. The Bertz CT molecular complexity index is 226. The number of hydrogen-bond acceptors (Lipinski definition) is 4. The van der Waals surface area contributed by atoms with E-state index >= 15 is 0 Å². The Hall–Kier alpha value is -1.27. The zero-order chi connectivity index (χ0) is 7.56. The van der Waals surface area contributed by atoms with Crippen LogP contribution in [0.15, 0.2) is 0 Å². The van der Waals surface area contributed by atoms with Crippen LogP contribution >= 0.6 is 0 Å². The number of carbonyl (C=O) groups excluding carboxylic acids is 1. The lowest BCUT2D eigenvalue weighted by Gasteiger charge is -2.15. The van der Waals surface area contributed by atoms with Crippen molar-refractivity contribution in [2.75, 3.05) is 5.73 Å². The summed E-state index contributed by atoms with van der Waals surface area (Å²) in [6.45, 7) is 0.106. The number of aldehydes is 1. The normalized spacial score (nSPS) is 10.1. The maximum atomic E-state index is 10.2. The van der Waals surface area contributed by atoms with E-state index in [0.29, 0.717) is 17.8 Å². The molecule has 1 rings (SSSR count). The number of nitrogens with two attached hydrogens (primary N) is 2. The summed E-state index contributed by atoms with van der Waals surface area (Å²) in [6.07, 6.45) is 0.630. The van der Waals surface area contributed by atoms with E-state index in [1.807, 2.05) is 0 Å². The largest absolute Gasteiger partial charge is 0.382 e. The highest BCUT2D eigenvalue weighted by Gasteiger charge is 2.08. The van der Waals surface area contributed by atoms with Gasteiger partial charge in [-0.3, -0.25) is 19.4 Å². The number of hydrogen-bond donors (Lipinski definition) is 3. The van der Waals surface area contributed by atoms with Gasteiger partial charge in [0.2, 0.25) is 0 Å². The molecule has 0 saturated carbocycles. The fraction of sp³-hybridized carbons (Fsp3) is 0.250. The number of nitrogen functional groups attached to an aromatic ring is 1. The topological polar surface area (TPSA) is 99.1 Å². The third-order valence-electron chi connectivity index (χ3n) is 1.14. The number of anilines is 1. The summed E-state index contributed by atoms with van der Waals surface area (Å²) in [5.41, 5.74) is 5.62. The van der Waals surface area contributed by atoms with Gasteiger partial charge < -0.3 is 5.73 Å². The van der Waals surface area contributed by atoms with E-state index in [0.717, 1.165) is 0 Å². The van der Waals surface area contributed by atoms with E-state index in [2.05, 4.69) is 9.94 Å². The molecule has 0 unspecified atom stereocenters. The molecule has 1 aromatic rings. The van der Waals surface area contributed by atoms with Gasteiger partial charge in [-0.15, -0.1) is 0 Å². The predicted molar refractivity (Wildman–Crippen MR) is 33.9 cm³/mol. The molecule has 0 radical (unpaired) electrons. The zero-order valence-corrected chi connectivity index (χ0v) is 5.20. The van der Waals surface area contributed by atoms with Crippen LogP contribution in [0.1, 0.15) is 10.5 Å². The molecule has 0 aliphatic heterocycles. The smallest absolute Gasteiger partial charge is 0.171 e. The lowest BCUT2D eigenvalue weighted by molar-refractivity contribution is 0.0629. The summed E-state index contributed by atoms with van der Waals surface area (Å²) in [5, 5.41) is 2.60. The van der Waals surface area contributed by atoms with E-state index < -0.39 is 0 Å². The molecule has 0 amide bonds. The summed E-state index contributed by atoms with van der Waals surface area (Å²) in [6, 6.07) is 0. The Morgan fingerprint density at radius 3 is 2.90 bits per heavy atom. The molecule has 10 heavy (non-hydrogen) atoms. The van der Waals surface area contributed by atoms with E-state index in [4.69, 9.17) is 11.6 Å². The van der Waals surface area contributed by atoms with Crippen LogP contribution in [0.25, 0.3) is 0 Å². The van der Waals surface area contributed by atoms with Gasteiger partial charge in [0.05, 0.1) is 0 Å². The van der Waals surface area contributed by atoms with Crippen molar-refractivity contribution in [2.24, 2.45) is 5.90 Å². The minimum Gasteiger partial charge on any atom is -0.382 e. The number of rotatable bonds is 3. The minimum absolute atomic E-state index is 0.106. The summed E-state index contributed by atoms with van der Waals surface area (Å²) in [4.78, 5) is 14.4. The number of nitrogens with one attached hydrogen (secondary N) is 1. The second kappa shape index (κ2) is 2.54. The fourth-order valence-electron chi connectivity index (χ4n) is 0.659. The van der Waals surface area contributed by atoms with Gasteiger partial charge in [0.1, 0.15) is 11.5 Å². The van der Waals surface area contributed by atoms with Gasteiger partial charge in [0.25, 0.3) is 0 Å². The molecular formula is C4H8N4O2. The monoisotopic (exact) mass is 144 g/mol. The van der Waals surface area contributed by atoms with Crippen molar-refractivity contribution in [1.82, 2.24) is 9.78 Å². The Morgan fingerprint density at radius 2 is 2.50 bits per heavy atom. The molecule has 1 aromatic heterocycles. The third-order valence-corrected chi connectivity index (χ3v) is 1.14. The van der Waals surface area contributed by atoms with Crippen molar-refractivity contribution in [1.29, 1.82) is 0 Å². The molecular weight excluding hydrogens is 136 g/mol. The van der Waals surface area contributed by atoms with Crippen molar-refractivity contribution < 1.29 is 9.63 Å². The summed E-state index contributed by atoms with van der Waals surface area (Å²) in [7, 11) is 0. The highest BCUT2D eigenvalue weighted by Crippen LogP contribution is 2.07. The van der Waals surface area contributed by atoms with Crippen molar-refractivity contribution >= 4 is 12.1 Å². The van der Waals surface area contributed by atoms with Gasteiger partial charge in [-0.25, -0.2) is 5.90 Å². The van der Waals surface area contributed by atoms with Crippen molar-refractivity contribution in [3.05, 3.63) is 5.69 Å². The van der Waals surface area contributed by atoms with Crippen LogP contribution in [0.5, 0.6) is 0 Å². The zero-order valence-electron chi connectivity index (χ0n) is 5.20. The standard InChI is InChI=1S/C4H8N4O2/c5-4-3(1-9)8(7-4)2-10-6/h1,7H,2,5-6H2. The Morgan fingerprint density at radius 1 is 1.80 bits per heavy atom. The summed E-state index contributed by atoms with van der Waals surface area (Å²) in [5.74, 6) is 5.08. The molecule has 0 fully saturated rings. The lowest BCUT2D eigenvalue weighted by Crippen LogP contribution is -2.22. The molecule has 56 valence electrons. The highest BCUT2D eigenvalue weighted by molar-refractivity contribution is 5.79. The lowest BCUT2D eigenvalue weighted by atomic mass is 10.4. The molecule has 6 nitrogen and oxygen atoms in total. The van der Waals surface area contributed by atoms with Gasteiger partial charge >= 0.3 is 0 Å². The molecule has 5 N–H and O–H groups in total. The molecule has 0 aliphatic carbocycles. The van der Waals surface area contributed by atoms with Crippen LogP contribution < -0.4 is 11.6 Å². The molecule has 0 aromatic carbocycles. The fourth-order valence-corrected chi connectivity index (χ4v) is 0.659. The first-order valence-electron chi connectivity index (χ1n) is 2.60. The van der Waals surface area contributed by atoms with Crippen LogP contribution in [0.2, 0.25) is 0 Å². The molecule has 0 aliphatic rings. The molecule has 1 heterocycles. The summed E-state index contributed by atoms with van der Waals surface area (Å²) >= 11 is 0. The predicted octanol–water partition coefficient (Wildman–Crippen LogP) is -0.941. The Kier molecular flexibility index (Phi) is 1.74. The number of H-pyrrole nitrogens is 1. The Balaban J connectivity index is 2.69. The van der Waals surface area contributed by atoms with Crippen molar-refractivity contribution in [3.8, 4) is 0 Å². The van der Waals surface area contributed by atoms with E-state index in [9.17, 15) is 4.79 Å². The first-order chi connectivity index (χ1) is 4.79. The van der Waals surface area contributed by atoms with Crippen LogP contribution in [0.3, 0.4) is 0 Å². The number of aromatic nitrogens is 2. The molecule has 0 atom stereocenters. The quantitative estimate of drug-likeness (QED) is 0.376. The van der Waals surface area contributed by atoms with Gasteiger partial charge in [-0.05, 0) is 0 Å². The Labute approximate surface area is 56.7 Å². The first kappa shape index (κ1) is 6.84. The average Bonchev–Trinajstić information content (AvgIpc) is 1.88. The van der Waals surface area contributed by atoms with E-state index in [1.165, 1.54) is 4.68 Å². The molecule has 0 spiro atoms. The molecule has 0 saturated heterocycles. The van der Waals surface area contributed by atoms with Crippen molar-refractivity contribution in [3.63, 3.8) is 0 Å². The maximum absolute atomic E-state index is 10.2. The minimum atomic E-state index is 0.106. The first-order valence-corrected chi connectivity index (χ1v) is 2.60. The van der Waals surface area contributed by atoms with Crippen LogP contribution in [0, 0.1) is 0 Å². The van der Waals surface area contributed by atoms with Gasteiger partial charge in [-0.1, -0.05) is 0 Å². The second-order valence-corrected chi connectivity index (χ2v) is 1.75. The number of carbonyl (C=O) groups is 1. The van der Waals surface area contributed by atoms with E-state index in [-0.39, 0.29) is 6.73 Å².